The van der Waals surface area contributed by atoms with Crippen LogP contribution in [-0.2, 0) is 6.18 Å². The predicted octanol–water partition coefficient (Wildman–Crippen LogP) is 1.45. The summed E-state index contributed by atoms with van der Waals surface area (Å²) in [6.07, 6.45) is -2.13. The number of halogens is 3. The highest BCUT2D eigenvalue weighted by atomic mass is 19.4. The van der Waals surface area contributed by atoms with Crippen LogP contribution in [0.25, 0.3) is 11.2 Å². The average Bonchev–Trinajstić information content (AvgIpc) is 2.46. The van der Waals surface area contributed by atoms with Crippen molar-refractivity contribution in [1.82, 2.24) is 20.3 Å². The monoisotopic (exact) mass is 283 g/mol. The van der Waals surface area contributed by atoms with Crippen molar-refractivity contribution in [2.75, 3.05) is 31.1 Å². The molecule has 3 heterocycles. The minimum absolute atomic E-state index is 0.152. The molecule has 2 aromatic heterocycles. The first-order chi connectivity index (χ1) is 9.54. The van der Waals surface area contributed by atoms with Gasteiger partial charge in [-0.2, -0.15) is 13.2 Å². The van der Waals surface area contributed by atoms with Gasteiger partial charge in [0.1, 0.15) is 11.3 Å². The first kappa shape index (κ1) is 13.0. The number of hydrogen-bond donors (Lipinski definition) is 1. The van der Waals surface area contributed by atoms with E-state index in [4.69, 9.17) is 0 Å². The Labute approximate surface area is 112 Å². The second kappa shape index (κ2) is 4.86. The van der Waals surface area contributed by atoms with Crippen LogP contribution in [0.3, 0.4) is 0 Å². The van der Waals surface area contributed by atoms with Crippen LogP contribution in [0, 0.1) is 0 Å². The Balaban J connectivity index is 1.96. The van der Waals surface area contributed by atoms with Gasteiger partial charge in [-0.15, -0.1) is 0 Å². The smallest absolute Gasteiger partial charge is 0.353 e. The van der Waals surface area contributed by atoms with E-state index in [1.807, 2.05) is 4.90 Å². The molecular formula is C12H12F3N5. The number of aromatic nitrogens is 3. The molecule has 0 aliphatic carbocycles. The van der Waals surface area contributed by atoms with E-state index in [2.05, 4.69) is 20.3 Å². The number of fused-ring (bicyclic) bond motifs is 1. The van der Waals surface area contributed by atoms with Gasteiger partial charge in [-0.1, -0.05) is 0 Å². The van der Waals surface area contributed by atoms with Gasteiger partial charge in [0.25, 0.3) is 0 Å². The van der Waals surface area contributed by atoms with Crippen molar-refractivity contribution in [2.45, 2.75) is 6.18 Å². The molecule has 0 bridgehead atoms. The van der Waals surface area contributed by atoms with Crippen molar-refractivity contribution in [3.63, 3.8) is 0 Å². The average molecular weight is 283 g/mol. The number of nitrogens with one attached hydrogen (secondary N) is 1. The van der Waals surface area contributed by atoms with Crippen LogP contribution in [0.5, 0.6) is 0 Å². The Morgan fingerprint density at radius 3 is 2.55 bits per heavy atom. The van der Waals surface area contributed by atoms with E-state index in [0.717, 1.165) is 38.4 Å². The van der Waals surface area contributed by atoms with Crippen LogP contribution < -0.4 is 10.2 Å². The molecule has 0 amide bonds. The Morgan fingerprint density at radius 1 is 1.10 bits per heavy atom. The van der Waals surface area contributed by atoms with Crippen LogP contribution >= 0.6 is 0 Å². The third kappa shape index (κ3) is 2.51. The third-order valence-corrected chi connectivity index (χ3v) is 3.16. The Morgan fingerprint density at radius 2 is 1.85 bits per heavy atom. The quantitative estimate of drug-likeness (QED) is 0.858. The van der Waals surface area contributed by atoms with Crippen molar-refractivity contribution in [3.05, 3.63) is 24.0 Å². The molecule has 0 atom stereocenters. The highest BCUT2D eigenvalue weighted by molar-refractivity contribution is 5.72. The highest BCUT2D eigenvalue weighted by Crippen LogP contribution is 2.29. The van der Waals surface area contributed by atoms with Gasteiger partial charge in [-0.25, -0.2) is 15.0 Å². The summed E-state index contributed by atoms with van der Waals surface area (Å²) in [6, 6.07) is 0.969. The number of pyridine rings is 1. The zero-order valence-corrected chi connectivity index (χ0v) is 10.5. The molecule has 5 nitrogen and oxygen atoms in total. The lowest BCUT2D eigenvalue weighted by Crippen LogP contribution is -2.43. The highest BCUT2D eigenvalue weighted by Gasteiger charge is 2.31. The molecule has 20 heavy (non-hydrogen) atoms. The molecule has 1 N–H and O–H groups in total. The summed E-state index contributed by atoms with van der Waals surface area (Å²) in [5.41, 5.74) is -0.429. The van der Waals surface area contributed by atoms with Gasteiger partial charge in [-0.3, -0.25) is 0 Å². The van der Waals surface area contributed by atoms with E-state index in [1.54, 1.807) is 0 Å². The molecule has 1 aliphatic heterocycles. The zero-order chi connectivity index (χ0) is 14.2. The van der Waals surface area contributed by atoms with Crippen molar-refractivity contribution < 1.29 is 13.2 Å². The van der Waals surface area contributed by atoms with Crippen LogP contribution in [0.4, 0.5) is 19.0 Å². The largest absolute Gasteiger partial charge is 0.417 e. The lowest BCUT2D eigenvalue weighted by Gasteiger charge is -2.28. The Kier molecular flexibility index (Phi) is 3.17. The number of alkyl halides is 3. The number of hydrogen-bond acceptors (Lipinski definition) is 5. The SMILES string of the molecule is FC(F)(F)c1cnc2nc(N3CCNCC3)cnc2c1. The normalized spacial score (nSPS) is 16.6. The molecule has 0 unspecified atom stereocenters. The van der Waals surface area contributed by atoms with Crippen LogP contribution in [0.2, 0.25) is 0 Å². The van der Waals surface area contributed by atoms with Gasteiger partial charge >= 0.3 is 6.18 Å². The third-order valence-electron chi connectivity index (χ3n) is 3.16. The van der Waals surface area contributed by atoms with E-state index < -0.39 is 11.7 Å². The van der Waals surface area contributed by atoms with Gasteiger partial charge < -0.3 is 10.2 Å². The van der Waals surface area contributed by atoms with E-state index >= 15 is 0 Å². The second-order valence-corrected chi connectivity index (χ2v) is 4.53. The molecule has 1 saturated heterocycles. The van der Waals surface area contributed by atoms with Crippen molar-refractivity contribution >= 4 is 17.0 Å². The van der Waals surface area contributed by atoms with E-state index in [1.165, 1.54) is 6.20 Å². The molecule has 2 aromatic rings. The van der Waals surface area contributed by atoms with Crippen molar-refractivity contribution in [3.8, 4) is 0 Å². The predicted molar refractivity (Wildman–Crippen MR) is 67.4 cm³/mol. The first-order valence-electron chi connectivity index (χ1n) is 6.20. The Bertz CT molecular complexity index is 622. The number of nitrogens with zero attached hydrogens (tertiary/aromatic N) is 4. The fourth-order valence-electron chi connectivity index (χ4n) is 2.09. The van der Waals surface area contributed by atoms with E-state index in [-0.39, 0.29) is 11.2 Å². The maximum Gasteiger partial charge on any atom is 0.417 e. The summed E-state index contributed by atoms with van der Waals surface area (Å²) in [4.78, 5) is 14.1. The zero-order valence-electron chi connectivity index (χ0n) is 10.5. The summed E-state index contributed by atoms with van der Waals surface area (Å²) in [6.45, 7) is 3.28. The minimum atomic E-state index is -4.42. The summed E-state index contributed by atoms with van der Waals surface area (Å²) < 4.78 is 37.7. The molecule has 1 aliphatic rings. The van der Waals surface area contributed by atoms with Crippen LogP contribution in [0.15, 0.2) is 18.5 Å². The van der Waals surface area contributed by atoms with Gasteiger partial charge in [0.05, 0.1) is 11.8 Å². The summed E-state index contributed by atoms with van der Waals surface area (Å²) in [7, 11) is 0. The molecule has 0 aromatic carbocycles. The summed E-state index contributed by atoms with van der Waals surface area (Å²) in [5.74, 6) is 0.645. The molecule has 3 rings (SSSR count). The second-order valence-electron chi connectivity index (χ2n) is 4.53. The fraction of sp³-hybridized carbons (Fsp3) is 0.417. The topological polar surface area (TPSA) is 53.9 Å². The lowest BCUT2D eigenvalue weighted by molar-refractivity contribution is -0.137. The maximum absolute atomic E-state index is 12.6. The summed E-state index contributed by atoms with van der Waals surface area (Å²) in [5, 5.41) is 3.22. The van der Waals surface area contributed by atoms with Crippen LogP contribution in [0.1, 0.15) is 5.56 Å². The number of anilines is 1. The molecule has 1 fully saturated rings. The van der Waals surface area contributed by atoms with Crippen molar-refractivity contribution in [2.24, 2.45) is 0 Å². The van der Waals surface area contributed by atoms with Gasteiger partial charge in [0.15, 0.2) is 5.65 Å². The standard InChI is InChI=1S/C12H12F3N5/c13-12(14,15)8-5-9-11(18-6-8)19-10(7-17-9)20-3-1-16-2-4-20/h5-7,16H,1-4H2. The number of piperazine rings is 1. The maximum atomic E-state index is 12.6. The molecule has 0 saturated carbocycles. The molecular weight excluding hydrogens is 271 g/mol. The van der Waals surface area contributed by atoms with Gasteiger partial charge in [0.2, 0.25) is 0 Å². The Hall–Kier alpha value is -1.96. The summed E-state index contributed by atoms with van der Waals surface area (Å²) >= 11 is 0. The molecule has 106 valence electrons. The fourth-order valence-corrected chi connectivity index (χ4v) is 2.09. The van der Waals surface area contributed by atoms with Crippen molar-refractivity contribution in [1.29, 1.82) is 0 Å². The molecule has 0 radical (unpaired) electrons. The van der Waals surface area contributed by atoms with Gasteiger partial charge in [0, 0.05) is 32.4 Å². The molecule has 0 spiro atoms. The first-order valence-corrected chi connectivity index (χ1v) is 6.20. The minimum Gasteiger partial charge on any atom is -0.353 e. The van der Waals surface area contributed by atoms with E-state index in [0.29, 0.717) is 5.82 Å². The van der Waals surface area contributed by atoms with E-state index in [9.17, 15) is 13.2 Å². The lowest BCUT2D eigenvalue weighted by atomic mass is 10.2. The number of rotatable bonds is 1. The molecule has 8 heteroatoms. The van der Waals surface area contributed by atoms with Crippen LogP contribution in [-0.4, -0.2) is 41.1 Å². The van der Waals surface area contributed by atoms with Gasteiger partial charge in [-0.05, 0) is 6.07 Å².